The summed E-state index contributed by atoms with van der Waals surface area (Å²) in [6.07, 6.45) is 8.79. The molecule has 3 aliphatic rings. The van der Waals surface area contributed by atoms with Crippen LogP contribution >= 0.6 is 0 Å². The first kappa shape index (κ1) is 14.4. The second kappa shape index (κ2) is 4.46. The monoisotopic (exact) mass is 278 g/mol. The first-order valence-corrected chi connectivity index (χ1v) is 8.33. The minimum absolute atomic E-state index is 0.253. The van der Waals surface area contributed by atoms with Crippen LogP contribution in [0.2, 0.25) is 0 Å². The molecule has 3 nitrogen and oxygen atoms in total. The Morgan fingerprint density at radius 1 is 1.10 bits per heavy atom. The molecule has 2 atom stereocenters. The smallest absolute Gasteiger partial charge is 0.242 e. The molecule has 2 saturated carbocycles. The Labute approximate surface area is 123 Å². The molecule has 1 heterocycles. The molecule has 3 heteroatoms. The van der Waals surface area contributed by atoms with Gasteiger partial charge in [0.05, 0.1) is 5.54 Å². The fourth-order valence-electron chi connectivity index (χ4n) is 5.38. The maximum absolute atomic E-state index is 13.0. The molecule has 114 valence electrons. The number of carbonyl (C=O) groups is 1. The molecule has 1 saturated heterocycles. The Morgan fingerprint density at radius 3 is 2.40 bits per heavy atom. The fourth-order valence-corrected chi connectivity index (χ4v) is 5.38. The number of hydrogen-bond donors (Lipinski definition) is 1. The van der Waals surface area contributed by atoms with Crippen LogP contribution in [-0.2, 0) is 4.79 Å². The average Bonchev–Trinajstić information content (AvgIpc) is 2.58. The molecule has 1 aliphatic heterocycles. The van der Waals surface area contributed by atoms with Gasteiger partial charge in [0.1, 0.15) is 0 Å². The van der Waals surface area contributed by atoms with Crippen LogP contribution in [-0.4, -0.2) is 28.9 Å². The van der Waals surface area contributed by atoms with Crippen molar-refractivity contribution in [3.8, 4) is 0 Å². The van der Waals surface area contributed by atoms with Crippen molar-refractivity contribution in [2.24, 2.45) is 16.6 Å². The van der Waals surface area contributed by atoms with E-state index >= 15 is 0 Å². The van der Waals surface area contributed by atoms with E-state index in [-0.39, 0.29) is 5.91 Å². The van der Waals surface area contributed by atoms with Crippen LogP contribution in [0.3, 0.4) is 0 Å². The molecule has 2 bridgehead atoms. The molecule has 2 unspecified atom stereocenters. The highest BCUT2D eigenvalue weighted by molar-refractivity contribution is 5.87. The number of amides is 1. The zero-order valence-corrected chi connectivity index (χ0v) is 13.4. The van der Waals surface area contributed by atoms with Crippen LogP contribution in [0.15, 0.2) is 0 Å². The molecule has 3 fully saturated rings. The molecule has 0 aromatic rings. The Bertz CT molecular complexity index is 411. The maximum atomic E-state index is 13.0. The van der Waals surface area contributed by atoms with Gasteiger partial charge in [-0.1, -0.05) is 40.0 Å². The van der Waals surface area contributed by atoms with Gasteiger partial charge in [0.2, 0.25) is 5.91 Å². The van der Waals surface area contributed by atoms with Gasteiger partial charge in [-0.3, -0.25) is 4.79 Å². The first-order chi connectivity index (χ1) is 9.23. The van der Waals surface area contributed by atoms with E-state index < -0.39 is 5.54 Å². The van der Waals surface area contributed by atoms with Crippen LogP contribution in [0.1, 0.15) is 72.1 Å². The summed E-state index contributed by atoms with van der Waals surface area (Å²) < 4.78 is 0. The second-order valence-corrected chi connectivity index (χ2v) is 8.86. The predicted octanol–water partition coefficient (Wildman–Crippen LogP) is 3.08. The molecular formula is C17H30N2O. The van der Waals surface area contributed by atoms with E-state index in [9.17, 15) is 4.79 Å². The third-order valence-corrected chi connectivity index (χ3v) is 5.85. The van der Waals surface area contributed by atoms with E-state index in [2.05, 4.69) is 25.7 Å². The van der Waals surface area contributed by atoms with Gasteiger partial charge in [0.25, 0.3) is 0 Å². The zero-order valence-electron chi connectivity index (χ0n) is 13.4. The van der Waals surface area contributed by atoms with Gasteiger partial charge in [-0.15, -0.1) is 0 Å². The molecule has 2 aliphatic carbocycles. The molecule has 2 N–H and O–H groups in total. The maximum Gasteiger partial charge on any atom is 0.242 e. The van der Waals surface area contributed by atoms with Crippen LogP contribution in [0, 0.1) is 10.8 Å². The molecular weight excluding hydrogens is 248 g/mol. The standard InChI is InChI=1S/C17H30N2O/c1-15(2)9-13-10-16(3,11-15)12-19(13)14(20)17(18)7-5-4-6-8-17/h13H,4-12,18H2,1-3H3. The van der Waals surface area contributed by atoms with E-state index in [0.29, 0.717) is 16.9 Å². The van der Waals surface area contributed by atoms with Crippen molar-refractivity contribution in [1.29, 1.82) is 0 Å². The third kappa shape index (κ3) is 2.38. The van der Waals surface area contributed by atoms with Crippen molar-refractivity contribution in [3.05, 3.63) is 0 Å². The van der Waals surface area contributed by atoms with E-state index in [0.717, 1.165) is 38.6 Å². The largest absolute Gasteiger partial charge is 0.338 e. The van der Waals surface area contributed by atoms with Gasteiger partial charge in [-0.25, -0.2) is 0 Å². The second-order valence-electron chi connectivity index (χ2n) is 8.86. The van der Waals surface area contributed by atoms with Crippen LogP contribution in [0.4, 0.5) is 0 Å². The van der Waals surface area contributed by atoms with E-state index in [1.54, 1.807) is 0 Å². The number of hydrogen-bond acceptors (Lipinski definition) is 2. The number of rotatable bonds is 1. The van der Waals surface area contributed by atoms with Gasteiger partial charge < -0.3 is 10.6 Å². The average molecular weight is 278 g/mol. The van der Waals surface area contributed by atoms with E-state index in [4.69, 9.17) is 5.73 Å². The number of carbonyl (C=O) groups excluding carboxylic acids is 1. The summed E-state index contributed by atoms with van der Waals surface area (Å²) in [7, 11) is 0. The number of nitrogens with zero attached hydrogens (tertiary/aromatic N) is 1. The van der Waals surface area contributed by atoms with Gasteiger partial charge in [-0.2, -0.15) is 0 Å². The van der Waals surface area contributed by atoms with Crippen LogP contribution < -0.4 is 5.73 Å². The first-order valence-electron chi connectivity index (χ1n) is 8.33. The molecule has 0 radical (unpaired) electrons. The summed E-state index contributed by atoms with van der Waals surface area (Å²) in [5.74, 6) is 0.253. The van der Waals surface area contributed by atoms with Crippen molar-refractivity contribution in [2.45, 2.75) is 83.7 Å². The van der Waals surface area contributed by atoms with Crippen molar-refractivity contribution in [1.82, 2.24) is 4.90 Å². The highest BCUT2D eigenvalue weighted by Crippen LogP contribution is 2.53. The minimum Gasteiger partial charge on any atom is -0.338 e. The van der Waals surface area contributed by atoms with Gasteiger partial charge in [-0.05, 0) is 42.9 Å². The Hall–Kier alpha value is -0.570. The Balaban J connectivity index is 1.80. The van der Waals surface area contributed by atoms with Crippen molar-refractivity contribution >= 4 is 5.91 Å². The summed E-state index contributed by atoms with van der Waals surface area (Å²) in [5, 5.41) is 0. The predicted molar refractivity (Wildman–Crippen MR) is 81.2 cm³/mol. The highest BCUT2D eigenvalue weighted by Gasteiger charge is 2.53. The summed E-state index contributed by atoms with van der Waals surface area (Å²) in [5.41, 5.74) is 6.60. The van der Waals surface area contributed by atoms with Crippen LogP contribution in [0.25, 0.3) is 0 Å². The summed E-state index contributed by atoms with van der Waals surface area (Å²) in [6, 6.07) is 0.429. The number of nitrogens with two attached hydrogens (primary N) is 1. The van der Waals surface area contributed by atoms with Crippen molar-refractivity contribution in [3.63, 3.8) is 0 Å². The van der Waals surface area contributed by atoms with Crippen molar-refractivity contribution in [2.75, 3.05) is 6.54 Å². The number of likely N-dealkylation sites (tertiary alicyclic amines) is 1. The molecule has 0 aromatic heterocycles. The lowest BCUT2D eigenvalue weighted by Gasteiger charge is -2.40. The SMILES string of the molecule is CC1(C)CC2CC(C)(CN2C(=O)C2(N)CCCCC2)C1. The molecule has 0 spiro atoms. The fraction of sp³-hybridized carbons (Fsp3) is 0.941. The summed E-state index contributed by atoms with van der Waals surface area (Å²) in [6.45, 7) is 7.99. The third-order valence-electron chi connectivity index (χ3n) is 5.85. The topological polar surface area (TPSA) is 46.3 Å². The quantitative estimate of drug-likeness (QED) is 0.801. The molecule has 3 rings (SSSR count). The molecule has 20 heavy (non-hydrogen) atoms. The van der Waals surface area contributed by atoms with E-state index in [1.807, 2.05) is 0 Å². The van der Waals surface area contributed by atoms with E-state index in [1.165, 1.54) is 19.3 Å². The van der Waals surface area contributed by atoms with Gasteiger partial charge in [0, 0.05) is 12.6 Å². The Morgan fingerprint density at radius 2 is 1.75 bits per heavy atom. The lowest BCUT2D eigenvalue weighted by Crippen LogP contribution is -2.57. The summed E-state index contributed by atoms with van der Waals surface area (Å²) >= 11 is 0. The van der Waals surface area contributed by atoms with Gasteiger partial charge in [0.15, 0.2) is 0 Å². The highest BCUT2D eigenvalue weighted by atomic mass is 16.2. The Kier molecular flexibility index (Phi) is 3.20. The molecule has 1 amide bonds. The normalized spacial score (nSPS) is 38.8. The zero-order chi connectivity index (χ0) is 14.6. The molecule has 0 aromatic carbocycles. The van der Waals surface area contributed by atoms with Crippen LogP contribution in [0.5, 0.6) is 0 Å². The minimum atomic E-state index is -0.559. The number of fused-ring (bicyclic) bond motifs is 2. The summed E-state index contributed by atoms with van der Waals surface area (Å²) in [4.78, 5) is 15.2. The van der Waals surface area contributed by atoms with Crippen molar-refractivity contribution < 1.29 is 4.79 Å². The lowest BCUT2D eigenvalue weighted by molar-refractivity contribution is -0.139. The van der Waals surface area contributed by atoms with Gasteiger partial charge >= 0.3 is 0 Å². The lowest BCUT2D eigenvalue weighted by atomic mass is 9.65.